The van der Waals surface area contributed by atoms with Gasteiger partial charge in [-0.15, -0.1) is 0 Å². The number of carbonyl (C=O) groups is 1. The van der Waals surface area contributed by atoms with Gasteiger partial charge in [0.25, 0.3) is 0 Å². The third-order valence-corrected chi connectivity index (χ3v) is 5.81. The van der Waals surface area contributed by atoms with Crippen molar-refractivity contribution in [2.75, 3.05) is 5.32 Å². The van der Waals surface area contributed by atoms with Crippen molar-refractivity contribution < 1.29 is 4.79 Å². The second-order valence-electron chi connectivity index (χ2n) is 6.89. The van der Waals surface area contributed by atoms with Crippen LogP contribution in [0.2, 0.25) is 20.1 Å². The summed E-state index contributed by atoms with van der Waals surface area (Å²) in [7, 11) is 0. The van der Waals surface area contributed by atoms with E-state index in [4.69, 9.17) is 52.1 Å². The summed E-state index contributed by atoms with van der Waals surface area (Å²) >= 11 is 23.5. The zero-order valence-electron chi connectivity index (χ0n) is 17.3. The summed E-state index contributed by atoms with van der Waals surface area (Å²) in [6.07, 6.45) is 3.45. The van der Waals surface area contributed by atoms with Crippen molar-refractivity contribution in [1.29, 1.82) is 0 Å². The number of hydrogen-bond donors (Lipinski definition) is 3. The maximum absolute atomic E-state index is 12.1. The molecule has 4 rings (SSSR count). The number of benzene rings is 3. The predicted octanol–water partition coefficient (Wildman–Crippen LogP) is 7.32. The van der Waals surface area contributed by atoms with E-state index in [1.807, 2.05) is 24.3 Å². The maximum atomic E-state index is 12.1. The molecule has 0 saturated carbocycles. The van der Waals surface area contributed by atoms with Crippen molar-refractivity contribution in [3.63, 3.8) is 0 Å². The first-order chi connectivity index (χ1) is 15.9. The molecule has 0 bridgehead atoms. The van der Waals surface area contributed by atoms with E-state index in [9.17, 15) is 4.79 Å². The Bertz CT molecular complexity index is 1260. The van der Waals surface area contributed by atoms with Crippen LogP contribution < -0.4 is 16.4 Å². The minimum absolute atomic E-state index is 0.289. The average Bonchev–Trinajstić information content (AvgIpc) is 2.82. The number of fused-ring (bicyclic) bond motifs is 1. The molecule has 0 aliphatic rings. The van der Waals surface area contributed by atoms with Gasteiger partial charge >= 0.3 is 6.03 Å². The quantitative estimate of drug-likeness (QED) is 0.263. The van der Waals surface area contributed by atoms with Gasteiger partial charge in [0.05, 0.1) is 5.69 Å². The molecule has 0 saturated heterocycles. The van der Waals surface area contributed by atoms with Gasteiger partial charge in [-0.1, -0.05) is 58.5 Å². The van der Waals surface area contributed by atoms with Gasteiger partial charge in [-0.25, -0.2) is 4.79 Å². The molecule has 170 valence electrons. The van der Waals surface area contributed by atoms with Crippen LogP contribution in [0.15, 0.2) is 73.1 Å². The fourth-order valence-electron chi connectivity index (χ4n) is 2.95. The number of carbonyl (C=O) groups excluding carboxylic acids is 1. The van der Waals surface area contributed by atoms with E-state index in [2.05, 4.69) is 15.6 Å². The van der Waals surface area contributed by atoms with Gasteiger partial charge in [0.2, 0.25) is 0 Å². The molecular formula is C24H20Cl4N4O. The van der Waals surface area contributed by atoms with Crippen LogP contribution in [-0.2, 0) is 13.1 Å². The number of nitrogens with one attached hydrogen (secondary N) is 2. The number of amides is 2. The van der Waals surface area contributed by atoms with Crippen LogP contribution in [0.3, 0.4) is 0 Å². The highest BCUT2D eigenvalue weighted by molar-refractivity contribution is 6.34. The molecule has 5 nitrogen and oxygen atoms in total. The normalized spacial score (nSPS) is 10.3. The Kier molecular flexibility index (Phi) is 9.18. The highest BCUT2D eigenvalue weighted by Gasteiger charge is 2.07. The van der Waals surface area contributed by atoms with Gasteiger partial charge in [-0.05, 0) is 59.7 Å². The van der Waals surface area contributed by atoms with Crippen LogP contribution >= 0.6 is 46.4 Å². The van der Waals surface area contributed by atoms with E-state index in [0.29, 0.717) is 26.6 Å². The number of nitrogens with two attached hydrogens (primary N) is 1. The number of rotatable bonds is 4. The molecule has 1 aromatic heterocycles. The molecule has 4 N–H and O–H groups in total. The maximum Gasteiger partial charge on any atom is 0.319 e. The molecule has 3 aromatic carbocycles. The van der Waals surface area contributed by atoms with Crippen molar-refractivity contribution >= 4 is 68.9 Å². The van der Waals surface area contributed by atoms with Crippen molar-refractivity contribution in [3.05, 3.63) is 104 Å². The van der Waals surface area contributed by atoms with Crippen molar-refractivity contribution in [3.8, 4) is 0 Å². The number of nitrogens with zero attached hydrogens (tertiary/aromatic N) is 1. The summed E-state index contributed by atoms with van der Waals surface area (Å²) in [6.45, 7) is 0.719. The summed E-state index contributed by atoms with van der Waals surface area (Å²) in [5.74, 6) is 0. The van der Waals surface area contributed by atoms with E-state index in [0.717, 1.165) is 27.6 Å². The molecule has 0 spiro atoms. The van der Waals surface area contributed by atoms with Crippen LogP contribution in [0.25, 0.3) is 10.8 Å². The lowest BCUT2D eigenvalue weighted by atomic mass is 10.1. The largest absolute Gasteiger partial charge is 0.334 e. The lowest BCUT2D eigenvalue weighted by Gasteiger charge is -2.11. The summed E-state index contributed by atoms with van der Waals surface area (Å²) in [5.41, 5.74) is 7.74. The minimum Gasteiger partial charge on any atom is -0.334 e. The van der Waals surface area contributed by atoms with E-state index in [-0.39, 0.29) is 12.6 Å². The standard InChI is InChI=1S/C17H13Cl2N3O.C7H7Cl2N/c18-13-4-5-15(19)12(8-13)10-21-17(23)22-16-3-1-2-11-9-20-7-6-14(11)16;8-6-1-2-7(9)5(3-6)4-10/h1-9H,10H2,(H2,21,22,23);1-3H,4,10H2. The van der Waals surface area contributed by atoms with Crippen LogP contribution in [0.1, 0.15) is 11.1 Å². The van der Waals surface area contributed by atoms with Gasteiger partial charge in [-0.2, -0.15) is 0 Å². The van der Waals surface area contributed by atoms with E-state index in [1.54, 1.807) is 48.8 Å². The topological polar surface area (TPSA) is 80.0 Å². The van der Waals surface area contributed by atoms with Gasteiger partial charge < -0.3 is 16.4 Å². The van der Waals surface area contributed by atoms with Gasteiger partial charge in [0.15, 0.2) is 0 Å². The smallest absolute Gasteiger partial charge is 0.319 e. The Hall–Kier alpha value is -2.54. The first kappa shape index (κ1) is 25.1. The molecule has 0 atom stereocenters. The van der Waals surface area contributed by atoms with Crippen LogP contribution in [0, 0.1) is 0 Å². The van der Waals surface area contributed by atoms with Gasteiger partial charge in [0.1, 0.15) is 0 Å². The Morgan fingerprint density at radius 2 is 1.55 bits per heavy atom. The Morgan fingerprint density at radius 1 is 0.879 bits per heavy atom. The van der Waals surface area contributed by atoms with Crippen LogP contribution in [0.5, 0.6) is 0 Å². The number of hydrogen-bond acceptors (Lipinski definition) is 3. The summed E-state index contributed by atoms with van der Waals surface area (Å²) < 4.78 is 0. The second kappa shape index (κ2) is 12.1. The molecule has 0 aliphatic carbocycles. The summed E-state index contributed by atoms with van der Waals surface area (Å²) in [5, 5.41) is 9.98. The van der Waals surface area contributed by atoms with Gasteiger partial charge in [-0.3, -0.25) is 4.98 Å². The van der Waals surface area contributed by atoms with E-state index < -0.39 is 0 Å². The van der Waals surface area contributed by atoms with Crippen molar-refractivity contribution in [2.24, 2.45) is 5.73 Å². The third-order valence-electron chi connectivity index (χ3n) is 4.60. The zero-order chi connectivity index (χ0) is 23.8. The third kappa shape index (κ3) is 7.22. The average molecular weight is 522 g/mol. The number of anilines is 1. The monoisotopic (exact) mass is 520 g/mol. The molecular weight excluding hydrogens is 502 g/mol. The highest BCUT2D eigenvalue weighted by atomic mass is 35.5. The molecule has 0 unspecified atom stereocenters. The van der Waals surface area contributed by atoms with Gasteiger partial charge in [0, 0.05) is 56.3 Å². The molecule has 9 heteroatoms. The highest BCUT2D eigenvalue weighted by Crippen LogP contribution is 2.23. The first-order valence-corrected chi connectivity index (χ1v) is 11.3. The Morgan fingerprint density at radius 3 is 2.21 bits per heavy atom. The zero-order valence-corrected chi connectivity index (χ0v) is 20.3. The molecule has 4 aromatic rings. The summed E-state index contributed by atoms with van der Waals surface area (Å²) in [4.78, 5) is 16.2. The lowest BCUT2D eigenvalue weighted by molar-refractivity contribution is 0.252. The summed E-state index contributed by atoms with van der Waals surface area (Å²) in [6, 6.07) is 17.6. The Balaban J connectivity index is 0.000000257. The number of urea groups is 1. The molecule has 0 aliphatic heterocycles. The SMILES string of the molecule is NCc1cc(Cl)ccc1Cl.O=C(NCc1cc(Cl)ccc1Cl)Nc1cccc2cnccc12. The van der Waals surface area contributed by atoms with Crippen LogP contribution in [-0.4, -0.2) is 11.0 Å². The first-order valence-electron chi connectivity index (χ1n) is 9.83. The molecule has 33 heavy (non-hydrogen) atoms. The number of halogens is 4. The van der Waals surface area contributed by atoms with Crippen LogP contribution in [0.4, 0.5) is 10.5 Å². The lowest BCUT2D eigenvalue weighted by Crippen LogP contribution is -2.28. The van der Waals surface area contributed by atoms with Crippen molar-refractivity contribution in [1.82, 2.24) is 10.3 Å². The van der Waals surface area contributed by atoms with E-state index >= 15 is 0 Å². The second-order valence-corrected chi connectivity index (χ2v) is 8.57. The molecule has 0 fully saturated rings. The fraction of sp³-hybridized carbons (Fsp3) is 0.0833. The Labute approximate surface area is 211 Å². The fourth-order valence-corrected chi connectivity index (χ4v) is 3.72. The van der Waals surface area contributed by atoms with Crippen molar-refractivity contribution in [2.45, 2.75) is 13.1 Å². The molecule has 2 amide bonds. The minimum atomic E-state index is -0.314. The predicted molar refractivity (Wildman–Crippen MR) is 138 cm³/mol. The molecule has 0 radical (unpaired) electrons. The number of aromatic nitrogens is 1. The number of pyridine rings is 1. The van der Waals surface area contributed by atoms with E-state index in [1.165, 1.54) is 0 Å². The molecule has 1 heterocycles.